The topological polar surface area (TPSA) is 0 Å². The first kappa shape index (κ1) is 9.98. The fourth-order valence-electron chi connectivity index (χ4n) is 2.60. The highest BCUT2D eigenvalue weighted by atomic mass is 79.9. The molecule has 17 heavy (non-hydrogen) atoms. The number of benzene rings is 2. The third-order valence-electron chi connectivity index (χ3n) is 3.43. The summed E-state index contributed by atoms with van der Waals surface area (Å²) in [5.41, 5.74) is 4.18. The Kier molecular flexibility index (Phi) is 2.06. The van der Waals surface area contributed by atoms with Crippen LogP contribution in [-0.4, -0.2) is 0 Å². The maximum absolute atomic E-state index is 3.69. The predicted octanol–water partition coefficient (Wildman–Crippen LogP) is 5.07. The quantitative estimate of drug-likeness (QED) is 0.654. The van der Waals surface area contributed by atoms with Crippen LogP contribution in [0.1, 0.15) is 22.6 Å². The zero-order valence-corrected chi connectivity index (χ0v) is 11.4. The summed E-state index contributed by atoms with van der Waals surface area (Å²) < 4.78 is 1.22. The second-order valence-corrected chi connectivity index (χ2v) is 6.35. The van der Waals surface area contributed by atoms with Crippen molar-refractivity contribution in [3.8, 4) is 0 Å². The normalized spacial score (nSPS) is 19.0. The van der Waals surface area contributed by atoms with Crippen LogP contribution in [-0.2, 0) is 0 Å². The SMILES string of the molecule is Brc1ccc2c3c1C(C=C3)c1ccc(cc1)S2. The Balaban J connectivity index is 2.12. The number of halogens is 1. The molecule has 0 radical (unpaired) electrons. The van der Waals surface area contributed by atoms with Crippen molar-refractivity contribution >= 4 is 33.8 Å². The summed E-state index contributed by atoms with van der Waals surface area (Å²) >= 11 is 5.54. The van der Waals surface area contributed by atoms with Gasteiger partial charge < -0.3 is 0 Å². The molecule has 82 valence electrons. The molecule has 0 saturated heterocycles. The van der Waals surface area contributed by atoms with Crippen molar-refractivity contribution in [3.05, 3.63) is 63.6 Å². The van der Waals surface area contributed by atoms with Crippen molar-refractivity contribution in [2.24, 2.45) is 0 Å². The van der Waals surface area contributed by atoms with Crippen molar-refractivity contribution in [1.29, 1.82) is 0 Å². The lowest BCUT2D eigenvalue weighted by Crippen LogP contribution is -1.96. The first-order chi connectivity index (χ1) is 8.33. The summed E-state index contributed by atoms with van der Waals surface area (Å²) in [4.78, 5) is 2.67. The first-order valence-electron chi connectivity index (χ1n) is 5.61. The van der Waals surface area contributed by atoms with Gasteiger partial charge in [0, 0.05) is 20.2 Å². The van der Waals surface area contributed by atoms with Crippen molar-refractivity contribution < 1.29 is 0 Å². The summed E-state index contributed by atoms with van der Waals surface area (Å²) in [6.45, 7) is 0. The maximum Gasteiger partial charge on any atom is 0.0290 e. The predicted molar refractivity (Wildman–Crippen MR) is 75.6 cm³/mol. The standard InChI is InChI=1S/C15H9BrS/c16-13-7-8-14-12-6-5-11(15(12)13)9-1-3-10(17-14)4-2-9/h1-8,11H. The lowest BCUT2D eigenvalue weighted by Gasteiger charge is -2.13. The van der Waals surface area contributed by atoms with E-state index in [1.54, 1.807) is 0 Å². The van der Waals surface area contributed by atoms with E-state index in [0.29, 0.717) is 5.92 Å². The molecule has 3 aliphatic rings. The van der Waals surface area contributed by atoms with Crippen LogP contribution in [0.25, 0.3) is 6.08 Å². The largest absolute Gasteiger partial charge is 0.0895 e. The lowest BCUT2D eigenvalue weighted by molar-refractivity contribution is 1.03. The van der Waals surface area contributed by atoms with Gasteiger partial charge >= 0.3 is 0 Å². The summed E-state index contributed by atoms with van der Waals surface area (Å²) in [5.74, 6) is 0.409. The molecule has 0 saturated carbocycles. The van der Waals surface area contributed by atoms with Crippen molar-refractivity contribution in [2.45, 2.75) is 15.7 Å². The molecule has 2 aliphatic heterocycles. The number of hydrogen-bond donors (Lipinski definition) is 0. The highest BCUT2D eigenvalue weighted by Crippen LogP contribution is 2.46. The van der Waals surface area contributed by atoms with E-state index < -0.39 is 0 Å². The maximum atomic E-state index is 3.69. The lowest BCUT2D eigenvalue weighted by atomic mass is 9.93. The average Bonchev–Trinajstić information content (AvgIpc) is 2.82. The molecule has 0 amide bonds. The Morgan fingerprint density at radius 3 is 2.65 bits per heavy atom. The molecule has 0 N–H and O–H groups in total. The van der Waals surface area contributed by atoms with Crippen molar-refractivity contribution in [3.63, 3.8) is 0 Å². The fraction of sp³-hybridized carbons (Fsp3) is 0.0667. The molecule has 2 aromatic rings. The van der Waals surface area contributed by atoms with Gasteiger partial charge in [-0.2, -0.15) is 0 Å². The Hall–Kier alpha value is -0.990. The zero-order valence-electron chi connectivity index (χ0n) is 8.98. The minimum atomic E-state index is 0.409. The van der Waals surface area contributed by atoms with Gasteiger partial charge in [-0.3, -0.25) is 0 Å². The van der Waals surface area contributed by atoms with E-state index in [1.165, 1.54) is 31.0 Å². The van der Waals surface area contributed by atoms with Gasteiger partial charge in [0.2, 0.25) is 0 Å². The van der Waals surface area contributed by atoms with Crippen LogP contribution in [0.4, 0.5) is 0 Å². The van der Waals surface area contributed by atoms with E-state index >= 15 is 0 Å². The molecular formula is C15H9BrS. The molecule has 1 aliphatic carbocycles. The Bertz CT molecular complexity index is 641. The molecule has 5 rings (SSSR count). The summed E-state index contributed by atoms with van der Waals surface area (Å²) in [6, 6.07) is 13.3. The van der Waals surface area contributed by atoms with Crippen LogP contribution >= 0.6 is 27.7 Å². The minimum absolute atomic E-state index is 0.409. The van der Waals surface area contributed by atoms with Gasteiger partial charge in [-0.1, -0.05) is 52.0 Å². The molecule has 1 atom stereocenters. The highest BCUT2D eigenvalue weighted by Gasteiger charge is 2.25. The van der Waals surface area contributed by atoms with Crippen LogP contribution in [0.2, 0.25) is 0 Å². The molecule has 2 aromatic carbocycles. The Labute approximate surface area is 113 Å². The smallest absolute Gasteiger partial charge is 0.0290 e. The van der Waals surface area contributed by atoms with Gasteiger partial charge in [-0.15, -0.1) is 0 Å². The molecule has 0 nitrogen and oxygen atoms in total. The van der Waals surface area contributed by atoms with Crippen LogP contribution in [0.5, 0.6) is 0 Å². The van der Waals surface area contributed by atoms with Gasteiger partial charge in [0.25, 0.3) is 0 Å². The van der Waals surface area contributed by atoms with E-state index in [-0.39, 0.29) is 0 Å². The third kappa shape index (κ3) is 1.37. The number of allylic oxidation sites excluding steroid dienone is 1. The van der Waals surface area contributed by atoms with E-state index in [4.69, 9.17) is 0 Å². The first-order valence-corrected chi connectivity index (χ1v) is 7.22. The van der Waals surface area contributed by atoms with Gasteiger partial charge in [-0.25, -0.2) is 0 Å². The van der Waals surface area contributed by atoms with E-state index in [1.807, 2.05) is 11.8 Å². The van der Waals surface area contributed by atoms with Crippen LogP contribution in [0.3, 0.4) is 0 Å². The number of rotatable bonds is 0. The molecule has 0 fully saturated rings. The second-order valence-electron chi connectivity index (χ2n) is 4.38. The zero-order chi connectivity index (χ0) is 11.4. The van der Waals surface area contributed by atoms with Crippen molar-refractivity contribution in [2.75, 3.05) is 0 Å². The molecular weight excluding hydrogens is 292 g/mol. The monoisotopic (exact) mass is 300 g/mol. The van der Waals surface area contributed by atoms with Gasteiger partial charge in [0.1, 0.15) is 0 Å². The molecule has 1 unspecified atom stereocenters. The van der Waals surface area contributed by atoms with Gasteiger partial charge in [0.05, 0.1) is 0 Å². The Morgan fingerprint density at radius 2 is 1.82 bits per heavy atom. The van der Waals surface area contributed by atoms with Crippen LogP contribution in [0.15, 0.2) is 56.7 Å². The summed E-state index contributed by atoms with van der Waals surface area (Å²) in [6.07, 6.45) is 4.57. The van der Waals surface area contributed by atoms with Crippen LogP contribution < -0.4 is 0 Å². The fourth-order valence-corrected chi connectivity index (χ4v) is 4.15. The van der Waals surface area contributed by atoms with E-state index in [0.717, 1.165) is 0 Å². The average molecular weight is 301 g/mol. The number of fused-ring (bicyclic) bond motifs is 2. The molecule has 0 aromatic heterocycles. The third-order valence-corrected chi connectivity index (χ3v) is 5.20. The molecule has 2 heterocycles. The summed E-state index contributed by atoms with van der Waals surface area (Å²) in [7, 11) is 0. The van der Waals surface area contributed by atoms with E-state index in [2.05, 4.69) is 64.5 Å². The van der Waals surface area contributed by atoms with Gasteiger partial charge in [0.15, 0.2) is 0 Å². The van der Waals surface area contributed by atoms with Crippen LogP contribution in [0, 0.1) is 0 Å². The molecule has 2 heteroatoms. The van der Waals surface area contributed by atoms with E-state index in [9.17, 15) is 0 Å². The molecule has 0 spiro atoms. The minimum Gasteiger partial charge on any atom is -0.0895 e. The second kappa shape index (κ2) is 3.50. The number of hydrogen-bond acceptors (Lipinski definition) is 1. The molecule has 6 bridgehead atoms. The van der Waals surface area contributed by atoms with Gasteiger partial charge in [-0.05, 0) is 41.0 Å². The highest BCUT2D eigenvalue weighted by molar-refractivity contribution is 9.10. The van der Waals surface area contributed by atoms with Crippen molar-refractivity contribution in [1.82, 2.24) is 0 Å². The summed E-state index contributed by atoms with van der Waals surface area (Å²) in [5, 5.41) is 0. The Morgan fingerprint density at radius 1 is 1.00 bits per heavy atom.